The Morgan fingerprint density at radius 2 is 1.86 bits per heavy atom. The molecule has 0 bridgehead atoms. The van der Waals surface area contributed by atoms with Gasteiger partial charge in [0.25, 0.3) is 0 Å². The quantitative estimate of drug-likeness (QED) is 0.811. The lowest BCUT2D eigenvalue weighted by atomic mass is 10.1. The van der Waals surface area contributed by atoms with Crippen molar-refractivity contribution in [3.8, 4) is 0 Å². The van der Waals surface area contributed by atoms with Crippen molar-refractivity contribution in [2.45, 2.75) is 46.7 Å². The van der Waals surface area contributed by atoms with Crippen molar-refractivity contribution in [3.05, 3.63) is 52.1 Å². The zero-order valence-corrected chi connectivity index (χ0v) is 14.0. The molecule has 1 unspecified atom stereocenters. The third-order valence-corrected chi connectivity index (χ3v) is 4.28. The van der Waals surface area contributed by atoms with Crippen LogP contribution in [0.25, 0.3) is 0 Å². The van der Waals surface area contributed by atoms with E-state index < -0.39 is 0 Å². The fourth-order valence-corrected chi connectivity index (χ4v) is 2.70. The van der Waals surface area contributed by atoms with E-state index in [1.54, 1.807) is 0 Å². The molecular weight excluding hydrogens is 282 g/mol. The fourth-order valence-electron chi connectivity index (χ4n) is 2.58. The molecule has 3 nitrogen and oxygen atoms in total. The normalized spacial score (nSPS) is 12.6. The largest absolute Gasteiger partial charge is 0.332 e. The van der Waals surface area contributed by atoms with Crippen molar-refractivity contribution < 1.29 is 0 Å². The lowest BCUT2D eigenvalue weighted by Crippen LogP contribution is -2.21. The Kier molecular flexibility index (Phi) is 5.43. The number of hydrogen-bond acceptors (Lipinski definition) is 2. The van der Waals surface area contributed by atoms with E-state index in [0.29, 0.717) is 6.04 Å². The van der Waals surface area contributed by atoms with Gasteiger partial charge in [-0.15, -0.1) is 0 Å². The van der Waals surface area contributed by atoms with Crippen LogP contribution in [0.5, 0.6) is 0 Å². The van der Waals surface area contributed by atoms with E-state index in [9.17, 15) is 0 Å². The molecule has 1 heterocycles. The smallest absolute Gasteiger partial charge is 0.106 e. The number of halogens is 1. The summed E-state index contributed by atoms with van der Waals surface area (Å²) in [5, 5.41) is 4.34. The minimum absolute atomic E-state index is 0.342. The molecule has 0 saturated heterocycles. The highest BCUT2D eigenvalue weighted by molar-refractivity contribution is 6.30. The van der Waals surface area contributed by atoms with E-state index in [1.807, 2.05) is 12.1 Å². The summed E-state index contributed by atoms with van der Waals surface area (Å²) in [7, 11) is 0. The maximum Gasteiger partial charge on any atom is 0.106 e. The van der Waals surface area contributed by atoms with Gasteiger partial charge in [0.1, 0.15) is 5.82 Å². The van der Waals surface area contributed by atoms with Crippen molar-refractivity contribution in [1.82, 2.24) is 14.9 Å². The second-order valence-corrected chi connectivity index (χ2v) is 6.00. The number of benzene rings is 1. The molecule has 4 heteroatoms. The van der Waals surface area contributed by atoms with Crippen molar-refractivity contribution in [2.75, 3.05) is 6.54 Å². The van der Waals surface area contributed by atoms with Gasteiger partial charge in [-0.3, -0.25) is 0 Å². The molecule has 2 aromatic rings. The molecule has 0 saturated carbocycles. The van der Waals surface area contributed by atoms with Crippen LogP contribution in [-0.4, -0.2) is 16.1 Å². The van der Waals surface area contributed by atoms with Gasteiger partial charge in [-0.2, -0.15) is 0 Å². The molecule has 0 aliphatic carbocycles. The molecule has 0 radical (unpaired) electrons. The molecule has 0 spiro atoms. The van der Waals surface area contributed by atoms with Gasteiger partial charge in [-0.1, -0.05) is 23.7 Å². The van der Waals surface area contributed by atoms with Gasteiger partial charge in [-0.05, 0) is 58.4 Å². The highest BCUT2D eigenvalue weighted by Gasteiger charge is 2.07. The highest BCUT2D eigenvalue weighted by Crippen LogP contribution is 2.16. The van der Waals surface area contributed by atoms with Crippen molar-refractivity contribution >= 4 is 11.6 Å². The van der Waals surface area contributed by atoms with Gasteiger partial charge in [0.2, 0.25) is 0 Å². The van der Waals surface area contributed by atoms with Crippen LogP contribution in [0.15, 0.2) is 24.3 Å². The minimum Gasteiger partial charge on any atom is -0.332 e. The van der Waals surface area contributed by atoms with Gasteiger partial charge in [0, 0.05) is 23.3 Å². The summed E-state index contributed by atoms with van der Waals surface area (Å²) < 4.78 is 2.30. The SMILES string of the molecule is Cc1nc(C)n(CCCNC(C)c2ccc(Cl)cc2)c1C. The number of rotatable bonds is 6. The Hall–Kier alpha value is -1.32. The van der Waals surface area contributed by atoms with Gasteiger partial charge < -0.3 is 9.88 Å². The highest BCUT2D eigenvalue weighted by atomic mass is 35.5. The summed E-state index contributed by atoms with van der Waals surface area (Å²) in [4.78, 5) is 4.51. The molecule has 114 valence electrons. The molecule has 2 rings (SSSR count). The van der Waals surface area contributed by atoms with E-state index >= 15 is 0 Å². The summed E-state index contributed by atoms with van der Waals surface area (Å²) in [5.41, 5.74) is 3.68. The maximum absolute atomic E-state index is 5.91. The molecule has 21 heavy (non-hydrogen) atoms. The molecule has 0 aliphatic rings. The van der Waals surface area contributed by atoms with Crippen LogP contribution in [0.3, 0.4) is 0 Å². The average molecular weight is 306 g/mol. The number of aryl methyl sites for hydroxylation is 2. The van der Waals surface area contributed by atoms with E-state index in [0.717, 1.165) is 36.1 Å². The van der Waals surface area contributed by atoms with E-state index in [1.165, 1.54) is 11.3 Å². The standard InChI is InChI=1S/C17H24ClN3/c1-12-14(3)21(15(4)20-12)11-5-10-19-13(2)16-6-8-17(18)9-7-16/h6-9,13,19H,5,10-11H2,1-4H3. The second kappa shape index (κ2) is 7.10. The molecular formula is C17H24ClN3. The number of nitrogens with zero attached hydrogens (tertiary/aromatic N) is 2. The molecule has 1 atom stereocenters. The Bertz CT molecular complexity index is 587. The van der Waals surface area contributed by atoms with E-state index in [-0.39, 0.29) is 0 Å². The number of aromatic nitrogens is 2. The van der Waals surface area contributed by atoms with Crippen LogP contribution in [0, 0.1) is 20.8 Å². The van der Waals surface area contributed by atoms with Crippen LogP contribution >= 0.6 is 11.6 Å². The summed E-state index contributed by atoms with van der Waals surface area (Å²) in [6.07, 6.45) is 1.09. The predicted molar refractivity (Wildman–Crippen MR) is 88.9 cm³/mol. The van der Waals surface area contributed by atoms with Crippen LogP contribution in [0.2, 0.25) is 5.02 Å². The van der Waals surface area contributed by atoms with Crippen LogP contribution in [0.4, 0.5) is 0 Å². The first kappa shape index (κ1) is 16.1. The van der Waals surface area contributed by atoms with Crippen LogP contribution in [0.1, 0.15) is 42.2 Å². The number of imidazole rings is 1. The summed E-state index contributed by atoms with van der Waals surface area (Å²) >= 11 is 5.91. The number of hydrogen-bond donors (Lipinski definition) is 1. The summed E-state index contributed by atoms with van der Waals surface area (Å²) in [6, 6.07) is 8.38. The summed E-state index contributed by atoms with van der Waals surface area (Å²) in [6.45, 7) is 10.5. The molecule has 1 aromatic carbocycles. The minimum atomic E-state index is 0.342. The Morgan fingerprint density at radius 1 is 1.19 bits per heavy atom. The first-order chi connectivity index (χ1) is 9.99. The Morgan fingerprint density at radius 3 is 2.43 bits per heavy atom. The Labute approximate surface area is 132 Å². The van der Waals surface area contributed by atoms with Gasteiger partial charge in [0.05, 0.1) is 5.69 Å². The first-order valence-electron chi connectivity index (χ1n) is 7.48. The number of nitrogens with one attached hydrogen (secondary N) is 1. The molecule has 0 aliphatic heterocycles. The van der Waals surface area contributed by atoms with Crippen molar-refractivity contribution in [3.63, 3.8) is 0 Å². The monoisotopic (exact) mass is 305 g/mol. The molecule has 0 fully saturated rings. The van der Waals surface area contributed by atoms with Crippen molar-refractivity contribution in [1.29, 1.82) is 0 Å². The van der Waals surface area contributed by atoms with Gasteiger partial charge in [0.15, 0.2) is 0 Å². The first-order valence-corrected chi connectivity index (χ1v) is 7.86. The van der Waals surface area contributed by atoms with Crippen LogP contribution < -0.4 is 5.32 Å². The summed E-state index contributed by atoms with van der Waals surface area (Å²) in [5.74, 6) is 1.11. The molecule has 1 aromatic heterocycles. The maximum atomic E-state index is 5.91. The van der Waals surface area contributed by atoms with Gasteiger partial charge in [-0.25, -0.2) is 4.98 Å². The zero-order chi connectivity index (χ0) is 15.4. The average Bonchev–Trinajstić information content (AvgIpc) is 2.69. The van der Waals surface area contributed by atoms with Crippen molar-refractivity contribution in [2.24, 2.45) is 0 Å². The van der Waals surface area contributed by atoms with Crippen LogP contribution in [-0.2, 0) is 6.54 Å². The van der Waals surface area contributed by atoms with E-state index in [2.05, 4.69) is 54.7 Å². The predicted octanol–water partition coefficient (Wildman–Crippen LogP) is 4.20. The van der Waals surface area contributed by atoms with Gasteiger partial charge >= 0.3 is 0 Å². The lowest BCUT2D eigenvalue weighted by Gasteiger charge is -2.15. The topological polar surface area (TPSA) is 29.9 Å². The third-order valence-electron chi connectivity index (χ3n) is 4.03. The third kappa shape index (κ3) is 4.08. The lowest BCUT2D eigenvalue weighted by molar-refractivity contribution is 0.519. The molecule has 0 amide bonds. The second-order valence-electron chi connectivity index (χ2n) is 5.56. The van der Waals surface area contributed by atoms with E-state index in [4.69, 9.17) is 11.6 Å². The zero-order valence-electron chi connectivity index (χ0n) is 13.3. The Balaban J connectivity index is 1.80. The fraction of sp³-hybridized carbons (Fsp3) is 0.471. The molecule has 1 N–H and O–H groups in total.